The zero-order valence-electron chi connectivity index (χ0n) is 10.1. The van der Waals surface area contributed by atoms with Crippen LogP contribution in [-0.2, 0) is 0 Å². The van der Waals surface area contributed by atoms with Crippen molar-refractivity contribution in [2.75, 3.05) is 5.73 Å². The van der Waals surface area contributed by atoms with E-state index in [0.29, 0.717) is 23.0 Å². The van der Waals surface area contributed by atoms with Crippen molar-refractivity contribution in [3.05, 3.63) is 54.9 Å². The van der Waals surface area contributed by atoms with Crippen LogP contribution in [0.1, 0.15) is 0 Å². The molecule has 5 nitrogen and oxygen atoms in total. The third-order valence-electron chi connectivity index (χ3n) is 2.57. The molecule has 19 heavy (non-hydrogen) atoms. The van der Waals surface area contributed by atoms with Crippen molar-refractivity contribution in [2.24, 2.45) is 0 Å². The van der Waals surface area contributed by atoms with Gasteiger partial charge in [-0.2, -0.15) is 0 Å². The molecule has 0 saturated carbocycles. The summed E-state index contributed by atoms with van der Waals surface area (Å²) in [5.41, 5.74) is 7.96. The molecule has 0 amide bonds. The molecule has 0 unspecified atom stereocenters. The lowest BCUT2D eigenvalue weighted by atomic mass is 10.2. The highest BCUT2D eigenvalue weighted by Gasteiger charge is 2.08. The molecule has 0 aliphatic rings. The van der Waals surface area contributed by atoms with Gasteiger partial charge in [0.15, 0.2) is 5.82 Å². The van der Waals surface area contributed by atoms with E-state index in [1.807, 2.05) is 36.4 Å². The van der Waals surface area contributed by atoms with Crippen LogP contribution in [0.3, 0.4) is 0 Å². The summed E-state index contributed by atoms with van der Waals surface area (Å²) in [6, 6.07) is 12.9. The summed E-state index contributed by atoms with van der Waals surface area (Å²) >= 11 is 0. The summed E-state index contributed by atoms with van der Waals surface area (Å²) < 4.78 is 0. The summed E-state index contributed by atoms with van der Waals surface area (Å²) in [5.74, 6) is 0.901. The first kappa shape index (κ1) is 11.3. The average Bonchev–Trinajstić information content (AvgIpc) is 2.48. The lowest BCUT2D eigenvalue weighted by Crippen LogP contribution is -1.99. The molecule has 0 spiro atoms. The molecule has 0 aliphatic carbocycles. The minimum absolute atomic E-state index is 0.399. The fraction of sp³-hybridized carbons (Fsp3) is 0. The summed E-state index contributed by atoms with van der Waals surface area (Å²) in [4.78, 5) is 17.1. The summed E-state index contributed by atoms with van der Waals surface area (Å²) in [6.45, 7) is 0. The van der Waals surface area contributed by atoms with Gasteiger partial charge in [0.05, 0.1) is 11.4 Å². The highest BCUT2D eigenvalue weighted by Crippen LogP contribution is 2.20. The normalized spacial score (nSPS) is 10.3. The van der Waals surface area contributed by atoms with Gasteiger partial charge in [-0.25, -0.2) is 9.97 Å². The third kappa shape index (κ3) is 2.40. The number of aromatic nitrogens is 4. The van der Waals surface area contributed by atoms with Crippen LogP contribution < -0.4 is 5.73 Å². The van der Waals surface area contributed by atoms with Crippen molar-refractivity contribution in [1.29, 1.82) is 0 Å². The molecular weight excluding hydrogens is 238 g/mol. The number of anilines is 1. The van der Waals surface area contributed by atoms with E-state index in [0.717, 1.165) is 5.69 Å². The summed E-state index contributed by atoms with van der Waals surface area (Å²) in [6.07, 6.45) is 3.41. The van der Waals surface area contributed by atoms with E-state index in [1.54, 1.807) is 18.5 Å². The maximum absolute atomic E-state index is 5.83. The van der Waals surface area contributed by atoms with Crippen LogP contribution in [0, 0.1) is 0 Å². The van der Waals surface area contributed by atoms with Crippen LogP contribution in [0.2, 0.25) is 0 Å². The number of nitrogen functional groups attached to an aromatic ring is 1. The Morgan fingerprint density at radius 2 is 1.42 bits per heavy atom. The van der Waals surface area contributed by atoms with E-state index in [1.165, 1.54) is 0 Å². The lowest BCUT2D eigenvalue weighted by Gasteiger charge is -2.04. The van der Waals surface area contributed by atoms with E-state index in [2.05, 4.69) is 19.9 Å². The van der Waals surface area contributed by atoms with E-state index in [9.17, 15) is 0 Å². The van der Waals surface area contributed by atoms with Crippen LogP contribution in [0.15, 0.2) is 54.9 Å². The van der Waals surface area contributed by atoms with Crippen molar-refractivity contribution in [3.8, 4) is 22.9 Å². The fourth-order valence-corrected chi connectivity index (χ4v) is 1.72. The van der Waals surface area contributed by atoms with Gasteiger partial charge < -0.3 is 5.73 Å². The summed E-state index contributed by atoms with van der Waals surface area (Å²) in [7, 11) is 0. The topological polar surface area (TPSA) is 77.6 Å². The minimum atomic E-state index is 0.399. The van der Waals surface area contributed by atoms with Crippen molar-refractivity contribution >= 4 is 5.82 Å². The second-order valence-corrected chi connectivity index (χ2v) is 3.93. The van der Waals surface area contributed by atoms with Gasteiger partial charge in [-0.15, -0.1) is 0 Å². The predicted octanol–water partition coefficient (Wildman–Crippen LogP) is 2.18. The van der Waals surface area contributed by atoms with E-state index < -0.39 is 0 Å². The molecule has 0 aliphatic heterocycles. The van der Waals surface area contributed by atoms with Crippen LogP contribution in [-0.4, -0.2) is 19.9 Å². The van der Waals surface area contributed by atoms with E-state index in [4.69, 9.17) is 5.73 Å². The number of nitrogens with zero attached hydrogens (tertiary/aromatic N) is 4. The lowest BCUT2D eigenvalue weighted by molar-refractivity contribution is 1.14. The van der Waals surface area contributed by atoms with Gasteiger partial charge in [-0.05, 0) is 24.3 Å². The first-order valence-corrected chi connectivity index (χ1v) is 5.80. The number of pyridine rings is 2. The third-order valence-corrected chi connectivity index (χ3v) is 2.57. The van der Waals surface area contributed by atoms with Gasteiger partial charge in [0.1, 0.15) is 11.5 Å². The maximum atomic E-state index is 5.83. The molecule has 0 saturated heterocycles. The monoisotopic (exact) mass is 249 g/mol. The first-order chi connectivity index (χ1) is 9.33. The van der Waals surface area contributed by atoms with Crippen molar-refractivity contribution in [3.63, 3.8) is 0 Å². The van der Waals surface area contributed by atoms with Crippen LogP contribution in [0.25, 0.3) is 22.9 Å². The average molecular weight is 249 g/mol. The Balaban J connectivity index is 2.12. The Bertz CT molecular complexity index is 625. The number of hydrogen-bond donors (Lipinski definition) is 1. The van der Waals surface area contributed by atoms with Crippen LogP contribution >= 0.6 is 0 Å². The molecule has 0 fully saturated rings. The molecule has 3 aromatic heterocycles. The maximum Gasteiger partial charge on any atom is 0.180 e. The molecule has 3 heterocycles. The van der Waals surface area contributed by atoms with Gasteiger partial charge in [0.25, 0.3) is 0 Å². The number of rotatable bonds is 2. The van der Waals surface area contributed by atoms with Crippen LogP contribution in [0.5, 0.6) is 0 Å². The predicted molar refractivity (Wildman–Crippen MR) is 72.9 cm³/mol. The minimum Gasteiger partial charge on any atom is -0.384 e. The van der Waals surface area contributed by atoms with Crippen LogP contribution in [0.4, 0.5) is 5.82 Å². The molecule has 5 heteroatoms. The second kappa shape index (κ2) is 4.81. The quantitative estimate of drug-likeness (QED) is 0.753. The highest BCUT2D eigenvalue weighted by molar-refractivity contribution is 5.62. The molecule has 0 radical (unpaired) electrons. The van der Waals surface area contributed by atoms with E-state index in [-0.39, 0.29) is 0 Å². The van der Waals surface area contributed by atoms with Gasteiger partial charge in [0.2, 0.25) is 0 Å². The zero-order valence-corrected chi connectivity index (χ0v) is 10.1. The molecule has 3 rings (SSSR count). The summed E-state index contributed by atoms with van der Waals surface area (Å²) in [5, 5.41) is 0. The standard InChI is InChI=1S/C14H11N5/c15-13-9-12(10-5-1-3-7-16-10)18-14(19-13)11-6-2-4-8-17-11/h1-9H,(H2,15,18,19). The van der Waals surface area contributed by atoms with Gasteiger partial charge in [-0.1, -0.05) is 12.1 Å². The number of nitrogens with two attached hydrogens (primary N) is 1. The molecule has 0 bridgehead atoms. The van der Waals surface area contributed by atoms with Gasteiger partial charge >= 0.3 is 0 Å². The Labute approximate surface area is 110 Å². The Morgan fingerprint density at radius 3 is 2.05 bits per heavy atom. The Kier molecular flexibility index (Phi) is 2.86. The van der Waals surface area contributed by atoms with Crippen molar-refractivity contribution < 1.29 is 0 Å². The Morgan fingerprint density at radius 1 is 0.737 bits per heavy atom. The number of hydrogen-bond acceptors (Lipinski definition) is 5. The molecule has 0 atom stereocenters. The highest BCUT2D eigenvalue weighted by atomic mass is 15.0. The fourth-order valence-electron chi connectivity index (χ4n) is 1.72. The molecule has 2 N–H and O–H groups in total. The van der Waals surface area contributed by atoms with E-state index >= 15 is 0 Å². The largest absolute Gasteiger partial charge is 0.384 e. The molecule has 92 valence electrons. The van der Waals surface area contributed by atoms with Crippen molar-refractivity contribution in [1.82, 2.24) is 19.9 Å². The SMILES string of the molecule is Nc1cc(-c2ccccn2)nc(-c2ccccn2)n1. The Hall–Kier alpha value is -2.82. The van der Waals surface area contributed by atoms with Gasteiger partial charge in [0, 0.05) is 18.5 Å². The van der Waals surface area contributed by atoms with Crippen molar-refractivity contribution in [2.45, 2.75) is 0 Å². The molecule has 3 aromatic rings. The van der Waals surface area contributed by atoms with Gasteiger partial charge in [-0.3, -0.25) is 9.97 Å². The zero-order chi connectivity index (χ0) is 13.1. The molecular formula is C14H11N5. The smallest absolute Gasteiger partial charge is 0.180 e. The molecule has 0 aromatic carbocycles. The second-order valence-electron chi connectivity index (χ2n) is 3.93. The first-order valence-electron chi connectivity index (χ1n) is 5.80.